The molecule has 2 N–H and O–H groups in total. The Morgan fingerprint density at radius 1 is 1.48 bits per heavy atom. The third-order valence-electron chi connectivity index (χ3n) is 3.71. The molecule has 0 unspecified atom stereocenters. The third kappa shape index (κ3) is 4.29. The van der Waals surface area contributed by atoms with E-state index in [-0.39, 0.29) is 17.5 Å². The van der Waals surface area contributed by atoms with Crippen molar-refractivity contribution in [3.63, 3.8) is 0 Å². The number of thiazole rings is 1. The lowest BCUT2D eigenvalue weighted by Crippen LogP contribution is -2.28. The second-order valence-corrected chi connectivity index (χ2v) is 8.59. The van der Waals surface area contributed by atoms with Gasteiger partial charge in [0.25, 0.3) is 0 Å². The minimum absolute atomic E-state index is 0.00578. The predicted octanol–water partition coefficient (Wildman–Crippen LogP) is 3.79. The second kappa shape index (κ2) is 6.57. The highest BCUT2D eigenvalue weighted by Crippen LogP contribution is 2.21. The van der Waals surface area contributed by atoms with Crippen molar-refractivity contribution in [2.24, 2.45) is 0 Å². The number of amides is 1. The van der Waals surface area contributed by atoms with Crippen molar-refractivity contribution in [1.82, 2.24) is 20.1 Å². The smallest absolute Gasteiger partial charge is 0.225 e. The first kappa shape index (κ1) is 17.9. The maximum Gasteiger partial charge on any atom is 0.225 e. The van der Waals surface area contributed by atoms with Crippen LogP contribution in [0.25, 0.3) is 0 Å². The molecule has 2 heterocycles. The van der Waals surface area contributed by atoms with Crippen molar-refractivity contribution >= 4 is 29.5 Å². The summed E-state index contributed by atoms with van der Waals surface area (Å²) in [6.07, 6.45) is 2.37. The summed E-state index contributed by atoms with van der Waals surface area (Å²) in [6, 6.07) is -0.0779. The summed E-state index contributed by atoms with van der Waals surface area (Å²) in [5.41, 5.74) is 2.89. The molecule has 0 spiro atoms. The van der Waals surface area contributed by atoms with Gasteiger partial charge in [-0.3, -0.25) is 9.48 Å². The Labute approximate surface area is 146 Å². The van der Waals surface area contributed by atoms with Gasteiger partial charge in [0.15, 0.2) is 3.95 Å². The fourth-order valence-corrected chi connectivity index (χ4v) is 3.65. The van der Waals surface area contributed by atoms with Gasteiger partial charge in [0.1, 0.15) is 0 Å². The SMILES string of the molecule is Cc1nn(C(C)(C)C)cc1[C@H](C)NC(=O)Cc1sc(=S)[nH]c1C. The van der Waals surface area contributed by atoms with Gasteiger partial charge in [-0.05, 0) is 53.8 Å². The maximum absolute atomic E-state index is 12.3. The van der Waals surface area contributed by atoms with Crippen LogP contribution in [0.2, 0.25) is 0 Å². The van der Waals surface area contributed by atoms with Crippen molar-refractivity contribution in [2.45, 2.75) is 59.5 Å². The standard InChI is InChI=1S/C16H24N4OS2/c1-9(12-8-20(16(4,5)6)19-10(12)2)17-14(21)7-13-11(3)18-15(22)23-13/h8-9H,7H2,1-6H3,(H,17,21)(H,18,22)/t9-/m0/s1. The van der Waals surface area contributed by atoms with E-state index >= 15 is 0 Å². The molecule has 0 aliphatic heterocycles. The molecule has 7 heteroatoms. The summed E-state index contributed by atoms with van der Waals surface area (Å²) in [5, 5.41) is 7.61. The van der Waals surface area contributed by atoms with Crippen molar-refractivity contribution < 1.29 is 4.79 Å². The van der Waals surface area contributed by atoms with Crippen LogP contribution in [0.4, 0.5) is 0 Å². The summed E-state index contributed by atoms with van der Waals surface area (Å²) >= 11 is 6.57. The average molecular weight is 353 g/mol. The minimum Gasteiger partial charge on any atom is -0.349 e. The molecule has 2 rings (SSSR count). The van der Waals surface area contributed by atoms with E-state index in [0.29, 0.717) is 10.4 Å². The zero-order valence-corrected chi connectivity index (χ0v) is 16.1. The molecule has 0 saturated heterocycles. The topological polar surface area (TPSA) is 62.7 Å². The molecule has 5 nitrogen and oxygen atoms in total. The molecular formula is C16H24N4OS2. The van der Waals surface area contributed by atoms with E-state index in [4.69, 9.17) is 12.2 Å². The van der Waals surface area contributed by atoms with E-state index in [0.717, 1.165) is 21.8 Å². The quantitative estimate of drug-likeness (QED) is 0.823. The van der Waals surface area contributed by atoms with E-state index in [1.165, 1.54) is 11.3 Å². The highest BCUT2D eigenvalue weighted by molar-refractivity contribution is 7.73. The van der Waals surface area contributed by atoms with E-state index in [9.17, 15) is 4.79 Å². The number of nitrogens with zero attached hydrogens (tertiary/aromatic N) is 2. The highest BCUT2D eigenvalue weighted by atomic mass is 32.1. The van der Waals surface area contributed by atoms with E-state index in [2.05, 4.69) is 36.2 Å². The number of aromatic nitrogens is 3. The molecule has 126 valence electrons. The van der Waals surface area contributed by atoms with Crippen LogP contribution >= 0.6 is 23.6 Å². The summed E-state index contributed by atoms with van der Waals surface area (Å²) in [7, 11) is 0. The van der Waals surface area contributed by atoms with Gasteiger partial charge >= 0.3 is 0 Å². The van der Waals surface area contributed by atoms with Crippen molar-refractivity contribution in [2.75, 3.05) is 0 Å². The Balaban J connectivity index is 2.08. The zero-order valence-electron chi connectivity index (χ0n) is 14.5. The Kier molecular flexibility index (Phi) is 5.10. The first-order chi connectivity index (χ1) is 10.6. The van der Waals surface area contributed by atoms with E-state index in [1.807, 2.05) is 31.6 Å². The largest absolute Gasteiger partial charge is 0.349 e. The molecule has 23 heavy (non-hydrogen) atoms. The summed E-state index contributed by atoms with van der Waals surface area (Å²) in [5.74, 6) is -0.00578. The van der Waals surface area contributed by atoms with Gasteiger partial charge in [-0.2, -0.15) is 5.10 Å². The Bertz CT molecular complexity index is 764. The number of carbonyl (C=O) groups is 1. The minimum atomic E-state index is -0.0779. The van der Waals surface area contributed by atoms with Gasteiger partial charge in [0.05, 0.1) is 23.7 Å². The molecule has 1 amide bonds. The van der Waals surface area contributed by atoms with Gasteiger partial charge < -0.3 is 10.3 Å². The van der Waals surface area contributed by atoms with Crippen LogP contribution in [0, 0.1) is 17.8 Å². The van der Waals surface area contributed by atoms with Gasteiger partial charge in [0, 0.05) is 22.3 Å². The lowest BCUT2D eigenvalue weighted by atomic mass is 10.1. The number of aryl methyl sites for hydroxylation is 2. The molecular weight excluding hydrogens is 328 g/mol. The van der Waals surface area contributed by atoms with Crippen molar-refractivity contribution in [1.29, 1.82) is 0 Å². The molecule has 0 fully saturated rings. The van der Waals surface area contributed by atoms with Crippen molar-refractivity contribution in [3.8, 4) is 0 Å². The fourth-order valence-electron chi connectivity index (χ4n) is 2.36. The first-order valence-corrected chi connectivity index (χ1v) is 8.85. The Hall–Kier alpha value is -1.47. The van der Waals surface area contributed by atoms with Gasteiger partial charge in [-0.25, -0.2) is 0 Å². The first-order valence-electron chi connectivity index (χ1n) is 7.62. The number of nitrogens with one attached hydrogen (secondary N) is 2. The van der Waals surface area contributed by atoms with Gasteiger partial charge in [-0.1, -0.05) is 0 Å². The van der Waals surface area contributed by atoms with Crippen LogP contribution in [0.15, 0.2) is 6.20 Å². The summed E-state index contributed by atoms with van der Waals surface area (Å²) in [4.78, 5) is 16.3. The monoisotopic (exact) mass is 352 g/mol. The molecule has 2 aromatic rings. The van der Waals surface area contributed by atoms with Crippen LogP contribution in [0.5, 0.6) is 0 Å². The van der Waals surface area contributed by atoms with E-state index in [1.54, 1.807) is 0 Å². The van der Waals surface area contributed by atoms with Crippen LogP contribution in [0.3, 0.4) is 0 Å². The lowest BCUT2D eigenvalue weighted by molar-refractivity contribution is -0.121. The van der Waals surface area contributed by atoms with Crippen LogP contribution in [-0.2, 0) is 16.8 Å². The number of hydrogen-bond donors (Lipinski definition) is 2. The van der Waals surface area contributed by atoms with Crippen LogP contribution < -0.4 is 5.32 Å². The number of carbonyl (C=O) groups excluding carboxylic acids is 1. The van der Waals surface area contributed by atoms with Crippen LogP contribution in [-0.4, -0.2) is 20.7 Å². The Morgan fingerprint density at radius 2 is 2.13 bits per heavy atom. The fraction of sp³-hybridized carbons (Fsp3) is 0.562. The third-order valence-corrected chi connectivity index (χ3v) is 5.05. The van der Waals surface area contributed by atoms with Gasteiger partial charge in [-0.15, -0.1) is 11.3 Å². The molecule has 0 saturated carbocycles. The average Bonchev–Trinajstić information content (AvgIpc) is 2.92. The lowest BCUT2D eigenvalue weighted by Gasteiger charge is -2.19. The molecule has 0 aromatic carbocycles. The van der Waals surface area contributed by atoms with Gasteiger partial charge in [0.2, 0.25) is 5.91 Å². The molecule has 0 aliphatic carbocycles. The highest BCUT2D eigenvalue weighted by Gasteiger charge is 2.20. The maximum atomic E-state index is 12.3. The number of rotatable bonds is 4. The molecule has 0 radical (unpaired) electrons. The molecule has 0 aliphatic rings. The summed E-state index contributed by atoms with van der Waals surface area (Å²) in [6.45, 7) is 12.2. The second-order valence-electron chi connectivity index (χ2n) is 6.81. The zero-order chi connectivity index (χ0) is 17.4. The van der Waals surface area contributed by atoms with E-state index < -0.39 is 0 Å². The van der Waals surface area contributed by atoms with Crippen molar-refractivity contribution in [3.05, 3.63) is 32.0 Å². The number of hydrogen-bond acceptors (Lipinski definition) is 4. The normalized spacial score (nSPS) is 13.1. The predicted molar refractivity (Wildman–Crippen MR) is 96.5 cm³/mol. The number of aromatic amines is 1. The van der Waals surface area contributed by atoms with Crippen LogP contribution in [0.1, 0.15) is 55.6 Å². The molecule has 0 bridgehead atoms. The number of H-pyrrole nitrogens is 1. The molecule has 1 atom stereocenters. The summed E-state index contributed by atoms with van der Waals surface area (Å²) < 4.78 is 2.66. The Morgan fingerprint density at radius 3 is 2.61 bits per heavy atom. The molecule has 2 aromatic heterocycles.